The van der Waals surface area contributed by atoms with Gasteiger partial charge < -0.3 is 29.7 Å². The van der Waals surface area contributed by atoms with Gasteiger partial charge >= 0.3 is 6.09 Å². The fraction of sp³-hybridized carbons (Fsp3) is 0.650. The van der Waals surface area contributed by atoms with Crippen molar-refractivity contribution in [2.24, 2.45) is 23.2 Å². The largest absolute Gasteiger partial charge is 0.497 e. The number of nitrogens with one attached hydrogen (secondary N) is 3. The van der Waals surface area contributed by atoms with Gasteiger partial charge in [-0.25, -0.2) is 23.2 Å². The molecule has 4 fully saturated rings. The molecular weight excluding hydrogens is 741 g/mol. The molecule has 0 radical (unpaired) electrons. The highest BCUT2D eigenvalue weighted by molar-refractivity contribution is 7.91. The number of amides is 4. The number of sulfonamides is 1. The van der Waals surface area contributed by atoms with Crippen LogP contribution in [0.5, 0.6) is 11.6 Å². The third-order valence-corrected chi connectivity index (χ3v) is 14.5. The summed E-state index contributed by atoms with van der Waals surface area (Å²) < 4.78 is 45.3. The predicted octanol–water partition coefficient (Wildman–Crippen LogP) is 3.94. The van der Waals surface area contributed by atoms with Crippen molar-refractivity contribution in [3.63, 3.8) is 0 Å². The molecule has 1 aromatic carbocycles. The van der Waals surface area contributed by atoms with Crippen molar-refractivity contribution in [1.29, 1.82) is 0 Å². The van der Waals surface area contributed by atoms with E-state index in [0.717, 1.165) is 32.1 Å². The first kappa shape index (κ1) is 39.8. The van der Waals surface area contributed by atoms with Crippen LogP contribution in [0.4, 0.5) is 4.79 Å². The van der Waals surface area contributed by atoms with Gasteiger partial charge in [-0.15, -0.1) is 6.58 Å². The summed E-state index contributed by atoms with van der Waals surface area (Å²) in [6, 6.07) is 3.15. The lowest BCUT2D eigenvalue weighted by atomic mass is 9.85. The van der Waals surface area contributed by atoms with E-state index in [1.807, 2.05) is 32.9 Å². The number of carbonyl (C=O) groups excluding carboxylic acids is 4. The van der Waals surface area contributed by atoms with E-state index < -0.39 is 79.6 Å². The Labute approximate surface area is 328 Å². The van der Waals surface area contributed by atoms with Crippen LogP contribution in [-0.2, 0) is 35.6 Å². The van der Waals surface area contributed by atoms with E-state index in [-0.39, 0.29) is 30.9 Å². The number of ether oxygens (including phenoxy) is 3. The molecule has 4 amide bonds. The maximum absolute atomic E-state index is 14.8. The lowest BCUT2D eigenvalue weighted by Gasteiger charge is -2.36. The standard InChI is InChI=1S/C40H54N6O9S/c1-8-24-20-40(24,36(49)45-56(51,52)39(6)16-17-39)44-33(47)31-22(2)30-21-46(31)35(48)32(38(3,4)5)43-37(50)55-29-18-23(29)12-10-9-11-13-27-34(54-30)42-28-19-25(53-7)14-15-26(28)41-27/h8,14-15,19,22-24,29-32H,1,9-13,16-18,20-21H2,2-7H3,(H,43,50)(H,44,47)(H,45,49)/t22-,23-,24-,29-,30+,31+,32-,40-/m1/s1. The number of aryl methyl sites for hydroxylation is 1. The van der Waals surface area contributed by atoms with Crippen LogP contribution in [0.15, 0.2) is 30.9 Å². The average molecular weight is 795 g/mol. The van der Waals surface area contributed by atoms with Crippen LogP contribution in [0, 0.1) is 23.2 Å². The summed E-state index contributed by atoms with van der Waals surface area (Å²) in [7, 11) is -2.44. The summed E-state index contributed by atoms with van der Waals surface area (Å²) in [5.74, 6) is -2.11. The average Bonchev–Trinajstić information content (AvgIpc) is 4.09. The molecule has 2 aliphatic heterocycles. The number of nitrogens with zero attached hydrogens (tertiary/aromatic N) is 3. The van der Waals surface area contributed by atoms with E-state index in [1.165, 1.54) is 11.0 Å². The summed E-state index contributed by atoms with van der Waals surface area (Å²) in [4.78, 5) is 67.7. The van der Waals surface area contributed by atoms with Gasteiger partial charge in [-0.3, -0.25) is 19.1 Å². The zero-order valence-electron chi connectivity index (χ0n) is 33.1. The van der Waals surface area contributed by atoms with Crippen molar-refractivity contribution >= 4 is 44.9 Å². The van der Waals surface area contributed by atoms with Crippen molar-refractivity contribution < 1.29 is 41.8 Å². The smallest absolute Gasteiger partial charge is 0.408 e. The zero-order chi connectivity index (χ0) is 40.4. The molecule has 304 valence electrons. The van der Waals surface area contributed by atoms with Gasteiger partial charge in [0.15, 0.2) is 0 Å². The molecule has 15 nitrogen and oxygen atoms in total. The maximum atomic E-state index is 14.8. The molecule has 2 aromatic rings. The highest BCUT2D eigenvalue weighted by atomic mass is 32.2. The van der Waals surface area contributed by atoms with Crippen LogP contribution in [-0.4, -0.2) is 95.3 Å². The van der Waals surface area contributed by atoms with Gasteiger partial charge in [-0.1, -0.05) is 46.6 Å². The molecule has 2 bridgehead atoms. The first-order chi connectivity index (χ1) is 26.4. The van der Waals surface area contributed by atoms with Gasteiger partial charge in [-0.05, 0) is 75.3 Å². The number of hydrogen-bond acceptors (Lipinski definition) is 11. The molecule has 3 N–H and O–H groups in total. The number of alkyl carbamates (subject to hydrolysis) is 1. The van der Waals surface area contributed by atoms with Crippen LogP contribution < -0.4 is 24.8 Å². The zero-order valence-corrected chi connectivity index (χ0v) is 33.9. The van der Waals surface area contributed by atoms with E-state index in [2.05, 4.69) is 21.9 Å². The number of carbonyl (C=O) groups is 4. The minimum Gasteiger partial charge on any atom is -0.497 e. The Hall–Kier alpha value is -4.47. The minimum atomic E-state index is -4.01. The van der Waals surface area contributed by atoms with Crippen LogP contribution in [0.25, 0.3) is 11.0 Å². The first-order valence-corrected chi connectivity index (χ1v) is 21.2. The van der Waals surface area contributed by atoms with Gasteiger partial charge in [0.2, 0.25) is 27.7 Å². The van der Waals surface area contributed by atoms with Gasteiger partial charge in [0.1, 0.15) is 41.3 Å². The van der Waals surface area contributed by atoms with Gasteiger partial charge in [0, 0.05) is 17.9 Å². The number of hydrogen-bond donors (Lipinski definition) is 3. The lowest BCUT2D eigenvalue weighted by molar-refractivity contribution is -0.143. The van der Waals surface area contributed by atoms with Crippen LogP contribution in [0.1, 0.15) is 91.7 Å². The second-order valence-electron chi connectivity index (χ2n) is 17.7. The Bertz CT molecular complexity index is 2050. The molecule has 56 heavy (non-hydrogen) atoms. The predicted molar refractivity (Wildman–Crippen MR) is 206 cm³/mol. The van der Waals surface area contributed by atoms with E-state index in [1.54, 1.807) is 27.0 Å². The third-order valence-electron chi connectivity index (χ3n) is 12.4. The van der Waals surface area contributed by atoms with Crippen LogP contribution >= 0.6 is 0 Å². The van der Waals surface area contributed by atoms with E-state index >= 15 is 0 Å². The van der Waals surface area contributed by atoms with Crippen molar-refractivity contribution in [2.75, 3.05) is 13.7 Å². The molecule has 8 atom stereocenters. The summed E-state index contributed by atoms with van der Waals surface area (Å²) >= 11 is 0. The second kappa shape index (κ2) is 14.5. The van der Waals surface area contributed by atoms with Crippen molar-refractivity contribution in [3.8, 4) is 11.6 Å². The van der Waals surface area contributed by atoms with Crippen molar-refractivity contribution in [2.45, 2.75) is 127 Å². The van der Waals surface area contributed by atoms with E-state index in [0.29, 0.717) is 41.7 Å². The number of fused-ring (bicyclic) bond motifs is 5. The number of methoxy groups -OCH3 is 1. The molecule has 1 saturated heterocycles. The van der Waals surface area contributed by atoms with E-state index in [4.69, 9.17) is 24.2 Å². The molecular formula is C40H54N6O9S. The fourth-order valence-electron chi connectivity index (χ4n) is 8.05. The Morgan fingerprint density at radius 2 is 1.84 bits per heavy atom. The molecule has 7 rings (SSSR count). The number of rotatable bonds is 7. The quantitative estimate of drug-likeness (QED) is 0.344. The highest BCUT2D eigenvalue weighted by Gasteiger charge is 2.63. The highest BCUT2D eigenvalue weighted by Crippen LogP contribution is 2.47. The normalized spacial score (nSPS) is 31.5. The molecule has 0 unspecified atom stereocenters. The van der Waals surface area contributed by atoms with Crippen LogP contribution in [0.2, 0.25) is 0 Å². The van der Waals surface area contributed by atoms with Gasteiger partial charge in [0.25, 0.3) is 5.91 Å². The minimum absolute atomic E-state index is 0.0554. The molecule has 3 saturated carbocycles. The fourth-order valence-corrected chi connectivity index (χ4v) is 9.36. The summed E-state index contributed by atoms with van der Waals surface area (Å²) in [5, 5.41) is 5.66. The number of benzene rings is 1. The third kappa shape index (κ3) is 7.64. The Balaban J connectivity index is 1.24. The molecule has 3 heterocycles. The SMILES string of the molecule is C=C[C@@H]1C[C@]1(NC(=O)[C@@H]1[C@H](C)[C@@H]2CN1C(=O)[C@H](C(C)(C)C)NC(=O)O[C@@H]1C[C@H]1CCCCCc1nc3ccc(OC)cc3nc1O2)C(=O)NS(=O)(=O)C1(C)CC1. The first-order valence-electron chi connectivity index (χ1n) is 19.7. The molecule has 0 spiro atoms. The van der Waals surface area contributed by atoms with Crippen molar-refractivity contribution in [1.82, 2.24) is 30.2 Å². The summed E-state index contributed by atoms with van der Waals surface area (Å²) in [5.41, 5.74) is -0.507. The molecule has 16 heteroatoms. The maximum Gasteiger partial charge on any atom is 0.408 e. The Morgan fingerprint density at radius 3 is 2.50 bits per heavy atom. The molecule has 1 aromatic heterocycles. The molecule has 3 aliphatic carbocycles. The Kier molecular flexibility index (Phi) is 10.3. The van der Waals surface area contributed by atoms with Crippen molar-refractivity contribution in [3.05, 3.63) is 36.5 Å². The van der Waals surface area contributed by atoms with E-state index in [9.17, 15) is 27.6 Å². The summed E-state index contributed by atoms with van der Waals surface area (Å²) in [6.07, 6.45) is 5.74. The van der Waals surface area contributed by atoms with Gasteiger partial charge in [-0.2, -0.15) is 0 Å². The molecule has 5 aliphatic rings. The lowest BCUT2D eigenvalue weighted by Crippen LogP contribution is -2.61. The Morgan fingerprint density at radius 1 is 1.09 bits per heavy atom. The number of aromatic nitrogens is 2. The van der Waals surface area contributed by atoms with Gasteiger partial charge in [0.05, 0.1) is 29.4 Å². The second-order valence-corrected chi connectivity index (χ2v) is 19.9. The van der Waals surface area contributed by atoms with Crippen LogP contribution in [0.3, 0.4) is 0 Å². The monoisotopic (exact) mass is 794 g/mol. The topological polar surface area (TPSA) is 195 Å². The summed E-state index contributed by atoms with van der Waals surface area (Å²) in [6.45, 7) is 12.6.